The molecule has 3 unspecified atom stereocenters. The largest absolute Gasteiger partial charge is 0.353 e. The van der Waals surface area contributed by atoms with Crippen molar-refractivity contribution in [2.24, 2.45) is 23.5 Å². The van der Waals surface area contributed by atoms with E-state index in [9.17, 15) is 4.79 Å². The SMILES string of the molecule is NC1CC2CCCC(C1)C2NC(=O)CCC1CCNC1. The van der Waals surface area contributed by atoms with Gasteiger partial charge in [0.1, 0.15) is 0 Å². The fourth-order valence-electron chi connectivity index (χ4n) is 4.58. The molecule has 2 aliphatic carbocycles. The van der Waals surface area contributed by atoms with Gasteiger partial charge in [-0.15, -0.1) is 0 Å². The van der Waals surface area contributed by atoms with Gasteiger partial charge in [-0.25, -0.2) is 0 Å². The first-order valence-electron chi connectivity index (χ1n) is 8.48. The molecular weight excluding hydrogens is 250 g/mol. The van der Waals surface area contributed by atoms with Crippen molar-refractivity contribution in [3.05, 3.63) is 0 Å². The summed E-state index contributed by atoms with van der Waals surface area (Å²) in [5.41, 5.74) is 6.14. The molecule has 1 saturated heterocycles. The van der Waals surface area contributed by atoms with Crippen LogP contribution in [-0.4, -0.2) is 31.1 Å². The molecule has 3 fully saturated rings. The zero-order chi connectivity index (χ0) is 13.9. The van der Waals surface area contributed by atoms with Crippen molar-refractivity contribution >= 4 is 5.91 Å². The van der Waals surface area contributed by atoms with Crippen LogP contribution in [-0.2, 0) is 4.79 Å². The summed E-state index contributed by atoms with van der Waals surface area (Å²) in [4.78, 5) is 12.2. The van der Waals surface area contributed by atoms with E-state index in [-0.39, 0.29) is 5.91 Å². The molecule has 1 heterocycles. The van der Waals surface area contributed by atoms with Crippen molar-refractivity contribution < 1.29 is 4.79 Å². The molecule has 2 bridgehead atoms. The van der Waals surface area contributed by atoms with Gasteiger partial charge < -0.3 is 16.4 Å². The van der Waals surface area contributed by atoms with E-state index in [1.165, 1.54) is 25.7 Å². The zero-order valence-electron chi connectivity index (χ0n) is 12.4. The lowest BCUT2D eigenvalue weighted by Gasteiger charge is -2.45. The smallest absolute Gasteiger partial charge is 0.220 e. The van der Waals surface area contributed by atoms with Gasteiger partial charge in [0.2, 0.25) is 5.91 Å². The molecule has 3 atom stereocenters. The maximum atomic E-state index is 12.2. The van der Waals surface area contributed by atoms with Crippen molar-refractivity contribution in [2.45, 2.75) is 63.5 Å². The van der Waals surface area contributed by atoms with E-state index in [4.69, 9.17) is 5.73 Å². The Labute approximate surface area is 122 Å². The van der Waals surface area contributed by atoms with Gasteiger partial charge in [0.15, 0.2) is 0 Å². The molecule has 3 aliphatic rings. The van der Waals surface area contributed by atoms with E-state index in [0.717, 1.165) is 32.4 Å². The van der Waals surface area contributed by atoms with Crippen LogP contribution >= 0.6 is 0 Å². The molecule has 0 aromatic carbocycles. The molecule has 3 rings (SSSR count). The number of nitrogens with one attached hydrogen (secondary N) is 2. The summed E-state index contributed by atoms with van der Waals surface area (Å²) < 4.78 is 0. The summed E-state index contributed by atoms with van der Waals surface area (Å²) in [6, 6.07) is 0.778. The van der Waals surface area contributed by atoms with Crippen molar-refractivity contribution in [2.75, 3.05) is 13.1 Å². The van der Waals surface area contributed by atoms with Crippen molar-refractivity contribution in [1.29, 1.82) is 0 Å². The first-order chi connectivity index (χ1) is 9.72. The topological polar surface area (TPSA) is 67.1 Å². The van der Waals surface area contributed by atoms with E-state index >= 15 is 0 Å². The molecule has 0 spiro atoms. The van der Waals surface area contributed by atoms with E-state index < -0.39 is 0 Å². The van der Waals surface area contributed by atoms with Gasteiger partial charge in [0.25, 0.3) is 0 Å². The Bertz CT molecular complexity index is 327. The molecule has 0 aromatic rings. The lowest BCUT2D eigenvalue weighted by atomic mass is 9.67. The van der Waals surface area contributed by atoms with Crippen LogP contribution in [0, 0.1) is 17.8 Å². The molecular formula is C16H29N3O. The Kier molecular flexibility index (Phi) is 4.61. The summed E-state index contributed by atoms with van der Waals surface area (Å²) in [5.74, 6) is 2.25. The highest BCUT2D eigenvalue weighted by molar-refractivity contribution is 5.76. The summed E-state index contributed by atoms with van der Waals surface area (Å²) in [5, 5.41) is 6.72. The second kappa shape index (κ2) is 6.44. The molecule has 4 nitrogen and oxygen atoms in total. The molecule has 1 aliphatic heterocycles. The Balaban J connectivity index is 1.47. The van der Waals surface area contributed by atoms with E-state index in [1.807, 2.05) is 0 Å². The predicted octanol–water partition coefficient (Wildman–Crippen LogP) is 1.40. The molecule has 2 saturated carbocycles. The van der Waals surface area contributed by atoms with Crippen molar-refractivity contribution in [3.63, 3.8) is 0 Å². The van der Waals surface area contributed by atoms with Crippen LogP contribution in [0.3, 0.4) is 0 Å². The number of nitrogens with two attached hydrogens (primary N) is 1. The van der Waals surface area contributed by atoms with Crippen LogP contribution in [0.5, 0.6) is 0 Å². The molecule has 4 N–H and O–H groups in total. The van der Waals surface area contributed by atoms with Gasteiger partial charge in [-0.1, -0.05) is 6.42 Å². The van der Waals surface area contributed by atoms with Crippen LogP contribution in [0.2, 0.25) is 0 Å². The number of hydrogen-bond donors (Lipinski definition) is 3. The average molecular weight is 279 g/mol. The van der Waals surface area contributed by atoms with Gasteiger partial charge in [-0.2, -0.15) is 0 Å². The minimum Gasteiger partial charge on any atom is -0.353 e. The number of carbonyl (C=O) groups is 1. The molecule has 114 valence electrons. The maximum Gasteiger partial charge on any atom is 0.220 e. The number of carbonyl (C=O) groups excluding carboxylic acids is 1. The van der Waals surface area contributed by atoms with E-state index in [0.29, 0.717) is 36.3 Å². The van der Waals surface area contributed by atoms with Gasteiger partial charge >= 0.3 is 0 Å². The summed E-state index contributed by atoms with van der Waals surface area (Å²) in [7, 11) is 0. The standard InChI is InChI=1S/C16H29N3O/c17-14-8-12-2-1-3-13(9-14)16(12)19-15(20)5-4-11-6-7-18-10-11/h11-14,16,18H,1-10,17H2,(H,19,20). The molecule has 0 aromatic heterocycles. The zero-order valence-corrected chi connectivity index (χ0v) is 12.4. The highest BCUT2D eigenvalue weighted by Gasteiger charge is 2.39. The minimum atomic E-state index is 0.272. The van der Waals surface area contributed by atoms with E-state index in [2.05, 4.69) is 10.6 Å². The quantitative estimate of drug-likeness (QED) is 0.728. The number of rotatable bonds is 4. The summed E-state index contributed by atoms with van der Waals surface area (Å²) >= 11 is 0. The number of amides is 1. The third-order valence-electron chi connectivity index (χ3n) is 5.65. The molecule has 1 amide bonds. The van der Waals surface area contributed by atoms with Gasteiger partial charge in [-0.05, 0) is 69.4 Å². The van der Waals surface area contributed by atoms with Gasteiger partial charge in [-0.3, -0.25) is 4.79 Å². The normalized spacial score (nSPS) is 40.5. The minimum absolute atomic E-state index is 0.272. The van der Waals surface area contributed by atoms with Crippen LogP contribution in [0.15, 0.2) is 0 Å². The predicted molar refractivity (Wildman–Crippen MR) is 80.2 cm³/mol. The lowest BCUT2D eigenvalue weighted by Crippen LogP contribution is -2.53. The Morgan fingerprint density at radius 2 is 1.95 bits per heavy atom. The molecule has 0 radical (unpaired) electrons. The monoisotopic (exact) mass is 279 g/mol. The molecule has 20 heavy (non-hydrogen) atoms. The van der Waals surface area contributed by atoms with Crippen molar-refractivity contribution in [1.82, 2.24) is 10.6 Å². The van der Waals surface area contributed by atoms with Crippen molar-refractivity contribution in [3.8, 4) is 0 Å². The highest BCUT2D eigenvalue weighted by atomic mass is 16.1. The number of fused-ring (bicyclic) bond motifs is 2. The third kappa shape index (κ3) is 3.34. The van der Waals surface area contributed by atoms with Crippen LogP contribution in [0.1, 0.15) is 51.4 Å². The average Bonchev–Trinajstić information content (AvgIpc) is 2.91. The van der Waals surface area contributed by atoms with Crippen LogP contribution in [0.4, 0.5) is 0 Å². The second-order valence-corrected chi connectivity index (χ2v) is 7.17. The highest BCUT2D eigenvalue weighted by Crippen LogP contribution is 2.39. The Morgan fingerprint density at radius 3 is 2.60 bits per heavy atom. The van der Waals surface area contributed by atoms with Crippen LogP contribution in [0.25, 0.3) is 0 Å². The van der Waals surface area contributed by atoms with E-state index in [1.54, 1.807) is 0 Å². The van der Waals surface area contributed by atoms with Gasteiger partial charge in [0.05, 0.1) is 0 Å². The first kappa shape index (κ1) is 14.3. The lowest BCUT2D eigenvalue weighted by molar-refractivity contribution is -0.123. The summed E-state index contributed by atoms with van der Waals surface area (Å²) in [6.07, 6.45) is 9.01. The number of hydrogen-bond acceptors (Lipinski definition) is 3. The third-order valence-corrected chi connectivity index (χ3v) is 5.65. The first-order valence-corrected chi connectivity index (χ1v) is 8.48. The fraction of sp³-hybridized carbons (Fsp3) is 0.938. The summed E-state index contributed by atoms with van der Waals surface area (Å²) in [6.45, 7) is 2.22. The Morgan fingerprint density at radius 1 is 1.20 bits per heavy atom. The second-order valence-electron chi connectivity index (χ2n) is 7.17. The Hall–Kier alpha value is -0.610. The van der Waals surface area contributed by atoms with Gasteiger partial charge in [0, 0.05) is 18.5 Å². The maximum absolute atomic E-state index is 12.2. The molecule has 4 heteroatoms. The fourth-order valence-corrected chi connectivity index (χ4v) is 4.58. The van der Waals surface area contributed by atoms with Crippen LogP contribution < -0.4 is 16.4 Å².